The molecule has 1 aromatic heterocycles. The van der Waals surface area contributed by atoms with Crippen molar-refractivity contribution in [2.24, 2.45) is 10.9 Å². The SMILES string of the molecule is CCNC(=NCCCc1nc(C)cs1)NCCCOCC1CCOCC1.I. The Labute approximate surface area is 184 Å². The summed E-state index contributed by atoms with van der Waals surface area (Å²) in [6.07, 6.45) is 5.29. The molecule has 2 rings (SSSR count). The van der Waals surface area contributed by atoms with Gasteiger partial charge in [0, 0.05) is 63.6 Å². The molecular formula is C19H35IN4O2S. The van der Waals surface area contributed by atoms with Crippen molar-refractivity contribution in [2.75, 3.05) is 46.1 Å². The zero-order chi connectivity index (χ0) is 18.5. The van der Waals surface area contributed by atoms with E-state index in [1.807, 2.05) is 6.92 Å². The van der Waals surface area contributed by atoms with Gasteiger partial charge in [0.15, 0.2) is 5.96 Å². The Kier molecular flexibility index (Phi) is 14.1. The molecule has 1 fully saturated rings. The van der Waals surface area contributed by atoms with E-state index >= 15 is 0 Å². The fourth-order valence-corrected chi connectivity index (χ4v) is 3.64. The van der Waals surface area contributed by atoms with Gasteiger partial charge in [-0.1, -0.05) is 0 Å². The van der Waals surface area contributed by atoms with Gasteiger partial charge in [-0.2, -0.15) is 0 Å². The minimum Gasteiger partial charge on any atom is -0.381 e. The molecule has 0 atom stereocenters. The lowest BCUT2D eigenvalue weighted by Gasteiger charge is -2.21. The number of aliphatic imine (C=N–C) groups is 1. The molecule has 0 spiro atoms. The summed E-state index contributed by atoms with van der Waals surface area (Å²) in [4.78, 5) is 9.14. The molecule has 0 saturated carbocycles. The molecule has 1 aliphatic heterocycles. The van der Waals surface area contributed by atoms with E-state index in [1.54, 1.807) is 11.3 Å². The lowest BCUT2D eigenvalue weighted by atomic mass is 10.0. The maximum Gasteiger partial charge on any atom is 0.191 e. The highest BCUT2D eigenvalue weighted by Crippen LogP contribution is 2.14. The van der Waals surface area contributed by atoms with Crippen molar-refractivity contribution in [3.63, 3.8) is 0 Å². The number of rotatable bonds is 11. The van der Waals surface area contributed by atoms with Crippen LogP contribution in [0.25, 0.3) is 0 Å². The average Bonchev–Trinajstić information content (AvgIpc) is 3.07. The largest absolute Gasteiger partial charge is 0.381 e. The van der Waals surface area contributed by atoms with E-state index in [1.165, 1.54) is 5.01 Å². The zero-order valence-electron chi connectivity index (χ0n) is 16.7. The number of thiazole rings is 1. The monoisotopic (exact) mass is 510 g/mol. The van der Waals surface area contributed by atoms with Gasteiger partial charge in [-0.05, 0) is 45.4 Å². The number of aromatic nitrogens is 1. The third kappa shape index (κ3) is 11.2. The van der Waals surface area contributed by atoms with Gasteiger partial charge in [-0.15, -0.1) is 35.3 Å². The molecule has 6 nitrogen and oxygen atoms in total. The van der Waals surface area contributed by atoms with E-state index in [2.05, 4.69) is 32.9 Å². The first kappa shape index (κ1) is 24.6. The Bertz CT molecular complexity index is 522. The van der Waals surface area contributed by atoms with Crippen LogP contribution in [-0.2, 0) is 15.9 Å². The molecule has 27 heavy (non-hydrogen) atoms. The van der Waals surface area contributed by atoms with Gasteiger partial charge < -0.3 is 20.1 Å². The Morgan fingerprint density at radius 2 is 2.15 bits per heavy atom. The maximum atomic E-state index is 5.80. The van der Waals surface area contributed by atoms with Gasteiger partial charge in [-0.25, -0.2) is 4.98 Å². The van der Waals surface area contributed by atoms with Crippen molar-refractivity contribution >= 4 is 41.3 Å². The van der Waals surface area contributed by atoms with Crippen LogP contribution in [0.3, 0.4) is 0 Å². The molecule has 1 aliphatic rings. The second-order valence-corrected chi connectivity index (χ2v) is 7.60. The van der Waals surface area contributed by atoms with Crippen LogP contribution in [0.5, 0.6) is 0 Å². The first-order chi connectivity index (χ1) is 12.8. The topological polar surface area (TPSA) is 67.8 Å². The maximum absolute atomic E-state index is 5.80. The molecular weight excluding hydrogens is 475 g/mol. The van der Waals surface area contributed by atoms with E-state index in [-0.39, 0.29) is 24.0 Å². The number of nitrogens with zero attached hydrogens (tertiary/aromatic N) is 2. The van der Waals surface area contributed by atoms with E-state index in [4.69, 9.17) is 9.47 Å². The predicted octanol–water partition coefficient (Wildman–Crippen LogP) is 3.39. The highest BCUT2D eigenvalue weighted by molar-refractivity contribution is 14.0. The summed E-state index contributed by atoms with van der Waals surface area (Å²) in [6, 6.07) is 0. The minimum absolute atomic E-state index is 0. The molecule has 0 bridgehead atoms. The number of ether oxygens (including phenoxy) is 2. The summed E-state index contributed by atoms with van der Waals surface area (Å²) in [5.74, 6) is 1.57. The molecule has 0 aliphatic carbocycles. The van der Waals surface area contributed by atoms with Crippen LogP contribution in [0.4, 0.5) is 0 Å². The molecule has 0 radical (unpaired) electrons. The fourth-order valence-electron chi connectivity index (χ4n) is 2.82. The van der Waals surface area contributed by atoms with E-state index in [9.17, 15) is 0 Å². The Morgan fingerprint density at radius 1 is 1.33 bits per heavy atom. The highest BCUT2D eigenvalue weighted by atomic mass is 127. The first-order valence-corrected chi connectivity index (χ1v) is 10.7. The van der Waals surface area contributed by atoms with Gasteiger partial charge in [0.25, 0.3) is 0 Å². The summed E-state index contributed by atoms with van der Waals surface area (Å²) in [7, 11) is 0. The zero-order valence-corrected chi connectivity index (χ0v) is 19.8. The fraction of sp³-hybridized carbons (Fsp3) is 0.789. The molecule has 2 N–H and O–H groups in total. The van der Waals surface area contributed by atoms with Crippen molar-refractivity contribution in [3.8, 4) is 0 Å². The van der Waals surface area contributed by atoms with Gasteiger partial charge in [0.05, 0.1) is 5.01 Å². The van der Waals surface area contributed by atoms with Crippen molar-refractivity contribution in [2.45, 2.75) is 46.0 Å². The van der Waals surface area contributed by atoms with Gasteiger partial charge in [0.2, 0.25) is 0 Å². The lowest BCUT2D eigenvalue weighted by molar-refractivity contribution is 0.0203. The highest BCUT2D eigenvalue weighted by Gasteiger charge is 2.13. The Balaban J connectivity index is 0.00000364. The van der Waals surface area contributed by atoms with Crippen LogP contribution >= 0.6 is 35.3 Å². The number of nitrogens with one attached hydrogen (secondary N) is 2. The van der Waals surface area contributed by atoms with Crippen molar-refractivity contribution in [3.05, 3.63) is 16.1 Å². The molecule has 0 unspecified atom stereocenters. The minimum atomic E-state index is 0. The summed E-state index contributed by atoms with van der Waals surface area (Å²) in [5, 5.41) is 10.00. The summed E-state index contributed by atoms with van der Waals surface area (Å²) in [6.45, 7) is 10.1. The van der Waals surface area contributed by atoms with Crippen LogP contribution in [0.2, 0.25) is 0 Å². The summed E-state index contributed by atoms with van der Waals surface area (Å²) < 4.78 is 11.2. The van der Waals surface area contributed by atoms with Crippen LogP contribution in [0.15, 0.2) is 10.4 Å². The number of halogens is 1. The predicted molar refractivity (Wildman–Crippen MR) is 124 cm³/mol. The Morgan fingerprint density at radius 3 is 2.85 bits per heavy atom. The molecule has 1 aromatic rings. The van der Waals surface area contributed by atoms with Gasteiger partial charge in [-0.3, -0.25) is 4.99 Å². The van der Waals surface area contributed by atoms with E-state index < -0.39 is 0 Å². The second kappa shape index (κ2) is 15.5. The third-order valence-corrected chi connectivity index (χ3v) is 5.31. The molecule has 8 heteroatoms. The standard InChI is InChI=1S/C19H34N4O2S.HI/c1-3-20-19(21-9-4-6-18-23-16(2)15-26-18)22-10-5-11-25-14-17-7-12-24-13-8-17;/h15,17H,3-14H2,1-2H3,(H2,20,21,22);1H. The van der Waals surface area contributed by atoms with E-state index in [0.717, 1.165) is 89.8 Å². The second-order valence-electron chi connectivity index (χ2n) is 6.66. The normalized spacial score (nSPS) is 15.4. The number of aryl methyl sites for hydroxylation is 2. The smallest absolute Gasteiger partial charge is 0.191 e. The number of hydrogen-bond donors (Lipinski definition) is 2. The van der Waals surface area contributed by atoms with Crippen LogP contribution in [0, 0.1) is 12.8 Å². The molecule has 2 heterocycles. The quantitative estimate of drug-likeness (QED) is 0.207. The van der Waals surface area contributed by atoms with Crippen molar-refractivity contribution in [1.82, 2.24) is 15.6 Å². The Hall–Kier alpha value is -0.450. The van der Waals surface area contributed by atoms with Gasteiger partial charge >= 0.3 is 0 Å². The summed E-state index contributed by atoms with van der Waals surface area (Å²) in [5.41, 5.74) is 1.11. The van der Waals surface area contributed by atoms with Gasteiger partial charge in [0.1, 0.15) is 0 Å². The molecule has 1 saturated heterocycles. The van der Waals surface area contributed by atoms with Crippen LogP contribution < -0.4 is 10.6 Å². The number of guanidine groups is 1. The number of hydrogen-bond acceptors (Lipinski definition) is 5. The third-order valence-electron chi connectivity index (χ3n) is 4.28. The van der Waals surface area contributed by atoms with Crippen molar-refractivity contribution < 1.29 is 9.47 Å². The summed E-state index contributed by atoms with van der Waals surface area (Å²) >= 11 is 1.74. The van der Waals surface area contributed by atoms with Crippen LogP contribution in [-0.4, -0.2) is 57.0 Å². The lowest BCUT2D eigenvalue weighted by Crippen LogP contribution is -2.38. The molecule has 156 valence electrons. The van der Waals surface area contributed by atoms with Crippen molar-refractivity contribution in [1.29, 1.82) is 0 Å². The van der Waals surface area contributed by atoms with E-state index in [0.29, 0.717) is 5.92 Å². The molecule has 0 aromatic carbocycles. The average molecular weight is 510 g/mol. The first-order valence-electron chi connectivity index (χ1n) is 9.86. The molecule has 0 amide bonds. The van der Waals surface area contributed by atoms with Crippen LogP contribution in [0.1, 0.15) is 43.3 Å².